The first-order chi connectivity index (χ1) is 6.24. The quantitative estimate of drug-likeness (QED) is 0.546. The van der Waals surface area contributed by atoms with Gasteiger partial charge in [0.25, 0.3) is 0 Å². The molecule has 0 nitrogen and oxygen atoms in total. The van der Waals surface area contributed by atoms with Gasteiger partial charge in [0.05, 0.1) is 0 Å². The van der Waals surface area contributed by atoms with Crippen LogP contribution in [0.4, 0.5) is 0 Å². The van der Waals surface area contributed by atoms with Crippen LogP contribution in [0.2, 0.25) is 0 Å². The zero-order chi connectivity index (χ0) is 10.3. The van der Waals surface area contributed by atoms with Crippen molar-refractivity contribution in [1.82, 2.24) is 0 Å². The zero-order valence-corrected chi connectivity index (χ0v) is 9.43. The molecule has 0 heterocycles. The van der Waals surface area contributed by atoms with Gasteiger partial charge in [-0.3, -0.25) is 0 Å². The molecule has 0 radical (unpaired) electrons. The van der Waals surface area contributed by atoms with Gasteiger partial charge in [0.1, 0.15) is 0 Å². The standard InChI is InChI=1S/C11H16.C2H6/c1-4-5-6-11-8-9(2)7-10(11)3;1-2/h4-6,9H,1,7-8H2,2-3H3;1-2H3/b6-5-;. The van der Waals surface area contributed by atoms with Crippen LogP contribution in [-0.2, 0) is 0 Å². The average Bonchev–Trinajstić information content (AvgIpc) is 2.45. The van der Waals surface area contributed by atoms with E-state index >= 15 is 0 Å². The van der Waals surface area contributed by atoms with Crippen LogP contribution >= 0.6 is 0 Å². The summed E-state index contributed by atoms with van der Waals surface area (Å²) in [5, 5.41) is 0. The van der Waals surface area contributed by atoms with Crippen molar-refractivity contribution in [3.8, 4) is 0 Å². The van der Waals surface area contributed by atoms with Crippen molar-refractivity contribution in [2.45, 2.75) is 40.5 Å². The Kier molecular flexibility index (Phi) is 6.30. The normalized spacial score (nSPS) is 21.7. The lowest BCUT2D eigenvalue weighted by Crippen LogP contribution is -1.83. The van der Waals surface area contributed by atoms with Crippen LogP contribution in [-0.4, -0.2) is 0 Å². The van der Waals surface area contributed by atoms with E-state index in [-0.39, 0.29) is 0 Å². The maximum atomic E-state index is 3.66. The van der Waals surface area contributed by atoms with Gasteiger partial charge in [0, 0.05) is 0 Å². The maximum Gasteiger partial charge on any atom is -0.0251 e. The molecule has 0 aliphatic heterocycles. The van der Waals surface area contributed by atoms with Gasteiger partial charge >= 0.3 is 0 Å². The van der Waals surface area contributed by atoms with Gasteiger partial charge in [-0.05, 0) is 31.3 Å². The van der Waals surface area contributed by atoms with Gasteiger partial charge in [-0.25, -0.2) is 0 Å². The van der Waals surface area contributed by atoms with E-state index in [2.05, 4.69) is 26.5 Å². The molecule has 0 amide bonds. The first-order valence-corrected chi connectivity index (χ1v) is 5.21. The van der Waals surface area contributed by atoms with Gasteiger partial charge in [-0.1, -0.05) is 51.2 Å². The lowest BCUT2D eigenvalue weighted by atomic mass is 10.1. The third kappa shape index (κ3) is 4.12. The van der Waals surface area contributed by atoms with Crippen molar-refractivity contribution in [2.75, 3.05) is 0 Å². The Morgan fingerprint density at radius 1 is 1.31 bits per heavy atom. The molecule has 1 atom stereocenters. The lowest BCUT2D eigenvalue weighted by molar-refractivity contribution is 0.623. The molecule has 0 aromatic carbocycles. The van der Waals surface area contributed by atoms with Crippen molar-refractivity contribution in [1.29, 1.82) is 0 Å². The summed E-state index contributed by atoms with van der Waals surface area (Å²) in [6.45, 7) is 12.2. The second kappa shape index (κ2) is 6.71. The van der Waals surface area contributed by atoms with Crippen LogP contribution in [0.25, 0.3) is 0 Å². The molecule has 0 aromatic rings. The van der Waals surface area contributed by atoms with Crippen LogP contribution in [0.3, 0.4) is 0 Å². The van der Waals surface area contributed by atoms with E-state index in [0.29, 0.717) is 0 Å². The molecule has 1 rings (SSSR count). The highest BCUT2D eigenvalue weighted by Gasteiger charge is 2.14. The summed E-state index contributed by atoms with van der Waals surface area (Å²) in [5.41, 5.74) is 3.06. The van der Waals surface area contributed by atoms with E-state index in [0.717, 1.165) is 5.92 Å². The Hall–Kier alpha value is -0.780. The molecule has 1 aliphatic rings. The molecule has 0 fully saturated rings. The minimum Gasteiger partial charge on any atom is -0.0991 e. The minimum absolute atomic E-state index is 0.847. The summed E-state index contributed by atoms with van der Waals surface area (Å²) in [6.07, 6.45) is 8.57. The molecule has 0 saturated carbocycles. The van der Waals surface area contributed by atoms with Crippen LogP contribution in [0.5, 0.6) is 0 Å². The van der Waals surface area contributed by atoms with E-state index in [1.165, 1.54) is 18.4 Å². The molecule has 0 spiro atoms. The van der Waals surface area contributed by atoms with Crippen molar-refractivity contribution in [2.24, 2.45) is 5.92 Å². The molecule has 74 valence electrons. The number of hydrogen-bond acceptors (Lipinski definition) is 0. The molecule has 1 aliphatic carbocycles. The topological polar surface area (TPSA) is 0 Å². The summed E-state index contributed by atoms with van der Waals surface area (Å²) in [7, 11) is 0. The smallest absolute Gasteiger partial charge is 0.0251 e. The molecular weight excluding hydrogens is 156 g/mol. The minimum atomic E-state index is 0.847. The first kappa shape index (κ1) is 12.2. The fourth-order valence-electron chi connectivity index (χ4n) is 1.67. The van der Waals surface area contributed by atoms with E-state index in [1.54, 1.807) is 5.57 Å². The van der Waals surface area contributed by atoms with Gasteiger partial charge < -0.3 is 0 Å². The average molecular weight is 178 g/mol. The van der Waals surface area contributed by atoms with Crippen molar-refractivity contribution >= 4 is 0 Å². The number of allylic oxidation sites excluding steroid dienone is 5. The summed E-state index contributed by atoms with van der Waals surface area (Å²) >= 11 is 0. The van der Waals surface area contributed by atoms with Crippen LogP contribution in [0.15, 0.2) is 36.0 Å². The Balaban J connectivity index is 0.000000671. The Morgan fingerprint density at radius 2 is 1.92 bits per heavy atom. The molecule has 0 N–H and O–H groups in total. The fraction of sp³-hybridized carbons (Fsp3) is 0.538. The summed E-state index contributed by atoms with van der Waals surface area (Å²) < 4.78 is 0. The Bertz CT molecular complexity index is 206. The molecule has 0 heteroatoms. The van der Waals surface area contributed by atoms with E-state index in [9.17, 15) is 0 Å². The van der Waals surface area contributed by atoms with Gasteiger partial charge in [-0.15, -0.1) is 0 Å². The predicted octanol–water partition coefficient (Wildman–Crippen LogP) is 4.50. The molecule has 13 heavy (non-hydrogen) atoms. The largest absolute Gasteiger partial charge is 0.0991 e. The van der Waals surface area contributed by atoms with Gasteiger partial charge in [-0.2, -0.15) is 0 Å². The predicted molar refractivity (Wildman–Crippen MR) is 61.8 cm³/mol. The highest BCUT2D eigenvalue weighted by Crippen LogP contribution is 2.31. The Morgan fingerprint density at radius 3 is 2.31 bits per heavy atom. The van der Waals surface area contributed by atoms with E-state index in [4.69, 9.17) is 0 Å². The molecule has 0 saturated heterocycles. The lowest BCUT2D eigenvalue weighted by Gasteiger charge is -1.96. The monoisotopic (exact) mass is 178 g/mol. The first-order valence-electron chi connectivity index (χ1n) is 5.21. The van der Waals surface area contributed by atoms with E-state index in [1.807, 2.05) is 26.0 Å². The molecule has 0 aromatic heterocycles. The molecular formula is C13H22. The van der Waals surface area contributed by atoms with Gasteiger partial charge in [0.2, 0.25) is 0 Å². The van der Waals surface area contributed by atoms with Crippen LogP contribution < -0.4 is 0 Å². The van der Waals surface area contributed by atoms with E-state index < -0.39 is 0 Å². The molecule has 0 bridgehead atoms. The van der Waals surface area contributed by atoms with Crippen molar-refractivity contribution < 1.29 is 0 Å². The SMILES string of the molecule is C=C/C=C\C1=C(C)CC(C)C1.CC. The fourth-order valence-corrected chi connectivity index (χ4v) is 1.67. The van der Waals surface area contributed by atoms with Crippen molar-refractivity contribution in [3.63, 3.8) is 0 Å². The third-order valence-corrected chi connectivity index (χ3v) is 2.20. The van der Waals surface area contributed by atoms with Gasteiger partial charge in [0.15, 0.2) is 0 Å². The van der Waals surface area contributed by atoms with Crippen LogP contribution in [0, 0.1) is 5.92 Å². The number of hydrogen-bond donors (Lipinski definition) is 0. The van der Waals surface area contributed by atoms with Crippen molar-refractivity contribution in [3.05, 3.63) is 36.0 Å². The molecule has 1 unspecified atom stereocenters. The Labute approximate surface area is 83.0 Å². The highest BCUT2D eigenvalue weighted by molar-refractivity contribution is 5.30. The number of rotatable bonds is 2. The second-order valence-corrected chi connectivity index (χ2v) is 3.41. The summed E-state index contributed by atoms with van der Waals surface area (Å²) in [4.78, 5) is 0. The highest BCUT2D eigenvalue weighted by atomic mass is 14.2. The second-order valence-electron chi connectivity index (χ2n) is 3.41. The van der Waals surface area contributed by atoms with Crippen LogP contribution in [0.1, 0.15) is 40.5 Å². The zero-order valence-electron chi connectivity index (χ0n) is 9.43. The summed E-state index contributed by atoms with van der Waals surface area (Å²) in [5.74, 6) is 0.847. The third-order valence-electron chi connectivity index (χ3n) is 2.20. The summed E-state index contributed by atoms with van der Waals surface area (Å²) in [6, 6.07) is 0. The maximum absolute atomic E-state index is 3.66.